The van der Waals surface area contributed by atoms with Gasteiger partial charge in [-0.2, -0.15) is 5.10 Å². The number of aromatic nitrogens is 2. The van der Waals surface area contributed by atoms with Crippen molar-refractivity contribution >= 4 is 11.9 Å². The molecular weight excluding hydrogens is 272 g/mol. The first-order chi connectivity index (χ1) is 10.8. The van der Waals surface area contributed by atoms with Crippen LogP contribution in [0.5, 0.6) is 0 Å². The van der Waals surface area contributed by atoms with Gasteiger partial charge in [0, 0.05) is 23.1 Å². The summed E-state index contributed by atoms with van der Waals surface area (Å²) in [5, 5.41) is 4.31. The maximum atomic E-state index is 4.41. The minimum atomic E-state index is 0.924. The van der Waals surface area contributed by atoms with Crippen LogP contribution in [-0.4, -0.2) is 15.8 Å². The van der Waals surface area contributed by atoms with Crippen LogP contribution in [0.1, 0.15) is 17.0 Å². The van der Waals surface area contributed by atoms with Crippen LogP contribution in [0.2, 0.25) is 0 Å². The van der Waals surface area contributed by atoms with E-state index >= 15 is 0 Å². The zero-order valence-corrected chi connectivity index (χ0v) is 12.7. The lowest BCUT2D eigenvalue weighted by molar-refractivity contribution is 0.921. The molecule has 0 fully saturated rings. The van der Waals surface area contributed by atoms with Crippen LogP contribution in [0.25, 0.3) is 5.82 Å². The van der Waals surface area contributed by atoms with Gasteiger partial charge in [0.25, 0.3) is 0 Å². The standard InChI is InChI=1S/C18H18N4/c1-14-12-16(13-20-21-17-8-4-3-5-9-17)15(2)22(14)18-10-6-7-11-19-18/h3-13,21H,1-2H3/b20-13-. The normalized spacial score (nSPS) is 11.0. The molecule has 0 aliphatic heterocycles. The van der Waals surface area contributed by atoms with E-state index in [1.54, 1.807) is 6.20 Å². The Labute approximate surface area is 130 Å². The Kier molecular flexibility index (Phi) is 4.01. The lowest BCUT2D eigenvalue weighted by Gasteiger charge is -2.07. The third kappa shape index (κ3) is 2.91. The summed E-state index contributed by atoms with van der Waals surface area (Å²) in [5.41, 5.74) is 7.34. The molecular formula is C18H18N4. The van der Waals surface area contributed by atoms with E-state index < -0.39 is 0 Å². The summed E-state index contributed by atoms with van der Waals surface area (Å²) in [6.07, 6.45) is 3.65. The number of anilines is 1. The summed E-state index contributed by atoms with van der Waals surface area (Å²) >= 11 is 0. The van der Waals surface area contributed by atoms with Crippen LogP contribution in [-0.2, 0) is 0 Å². The molecule has 22 heavy (non-hydrogen) atoms. The zero-order valence-electron chi connectivity index (χ0n) is 12.7. The van der Waals surface area contributed by atoms with Crippen LogP contribution < -0.4 is 5.43 Å². The van der Waals surface area contributed by atoms with Crippen molar-refractivity contribution < 1.29 is 0 Å². The molecule has 3 rings (SSSR count). The molecule has 0 saturated heterocycles. The van der Waals surface area contributed by atoms with Gasteiger partial charge in [-0.05, 0) is 44.2 Å². The number of aryl methyl sites for hydroxylation is 1. The molecule has 3 aromatic rings. The van der Waals surface area contributed by atoms with Crippen molar-refractivity contribution in [1.82, 2.24) is 9.55 Å². The highest BCUT2D eigenvalue weighted by atomic mass is 15.3. The molecule has 1 N–H and O–H groups in total. The first-order valence-electron chi connectivity index (χ1n) is 7.20. The van der Waals surface area contributed by atoms with Gasteiger partial charge in [0.15, 0.2) is 0 Å². The molecule has 2 heterocycles. The van der Waals surface area contributed by atoms with Crippen molar-refractivity contribution in [2.24, 2.45) is 5.10 Å². The average Bonchev–Trinajstić information content (AvgIpc) is 2.83. The summed E-state index contributed by atoms with van der Waals surface area (Å²) in [6, 6.07) is 17.9. The third-order valence-electron chi connectivity index (χ3n) is 3.52. The molecule has 0 saturated carbocycles. The van der Waals surface area contributed by atoms with E-state index in [9.17, 15) is 0 Å². The monoisotopic (exact) mass is 290 g/mol. The Hall–Kier alpha value is -2.88. The van der Waals surface area contributed by atoms with Gasteiger partial charge in [-0.3, -0.25) is 5.43 Å². The fraction of sp³-hybridized carbons (Fsp3) is 0.111. The first-order valence-corrected chi connectivity index (χ1v) is 7.20. The maximum absolute atomic E-state index is 4.41. The summed E-state index contributed by atoms with van der Waals surface area (Å²) < 4.78 is 2.13. The van der Waals surface area contributed by atoms with E-state index in [-0.39, 0.29) is 0 Å². The number of para-hydroxylation sites is 1. The molecule has 2 aromatic heterocycles. The number of nitrogens with one attached hydrogen (secondary N) is 1. The molecule has 0 aliphatic rings. The second kappa shape index (κ2) is 6.26. The molecule has 4 nitrogen and oxygen atoms in total. The van der Waals surface area contributed by atoms with E-state index in [0.717, 1.165) is 28.5 Å². The fourth-order valence-corrected chi connectivity index (χ4v) is 2.45. The van der Waals surface area contributed by atoms with Gasteiger partial charge >= 0.3 is 0 Å². The van der Waals surface area contributed by atoms with Gasteiger partial charge in [0.2, 0.25) is 0 Å². The second-order valence-electron chi connectivity index (χ2n) is 5.09. The SMILES string of the molecule is Cc1cc(/C=N\Nc2ccccc2)c(C)n1-c1ccccn1. The molecule has 0 radical (unpaired) electrons. The molecule has 0 bridgehead atoms. The van der Waals surface area contributed by atoms with E-state index in [1.165, 1.54) is 0 Å². The number of nitrogens with zero attached hydrogens (tertiary/aromatic N) is 3. The number of pyridine rings is 1. The van der Waals surface area contributed by atoms with Crippen molar-refractivity contribution in [3.8, 4) is 5.82 Å². The number of hydrazone groups is 1. The van der Waals surface area contributed by atoms with Crippen LogP contribution in [0.15, 0.2) is 65.9 Å². The quantitative estimate of drug-likeness (QED) is 0.584. The number of benzene rings is 1. The summed E-state index contributed by atoms with van der Waals surface area (Å²) in [5.74, 6) is 0.924. The smallest absolute Gasteiger partial charge is 0.136 e. The van der Waals surface area contributed by atoms with Crippen molar-refractivity contribution in [2.75, 3.05) is 5.43 Å². The number of hydrogen-bond donors (Lipinski definition) is 1. The summed E-state index contributed by atoms with van der Waals surface area (Å²) in [4.78, 5) is 4.41. The van der Waals surface area contributed by atoms with Crippen molar-refractivity contribution in [3.63, 3.8) is 0 Å². The molecule has 0 unspecified atom stereocenters. The molecule has 1 aromatic carbocycles. The molecule has 0 aliphatic carbocycles. The fourth-order valence-electron chi connectivity index (χ4n) is 2.45. The molecule has 0 atom stereocenters. The van der Waals surface area contributed by atoms with Crippen LogP contribution in [0.3, 0.4) is 0 Å². The van der Waals surface area contributed by atoms with Crippen LogP contribution >= 0.6 is 0 Å². The highest BCUT2D eigenvalue weighted by Gasteiger charge is 2.09. The summed E-state index contributed by atoms with van der Waals surface area (Å²) in [7, 11) is 0. The molecule has 110 valence electrons. The highest BCUT2D eigenvalue weighted by Crippen LogP contribution is 2.18. The zero-order chi connectivity index (χ0) is 15.4. The van der Waals surface area contributed by atoms with Crippen molar-refractivity contribution in [2.45, 2.75) is 13.8 Å². The van der Waals surface area contributed by atoms with Crippen molar-refractivity contribution in [3.05, 3.63) is 77.7 Å². The summed E-state index contributed by atoms with van der Waals surface area (Å²) in [6.45, 7) is 4.15. The predicted octanol–water partition coefficient (Wildman–Crippen LogP) is 3.94. The van der Waals surface area contributed by atoms with E-state index in [4.69, 9.17) is 0 Å². The van der Waals surface area contributed by atoms with Gasteiger partial charge < -0.3 is 4.57 Å². The first kappa shape index (κ1) is 14.1. The topological polar surface area (TPSA) is 42.2 Å². The van der Waals surface area contributed by atoms with Gasteiger partial charge in [-0.25, -0.2) is 4.98 Å². The average molecular weight is 290 g/mol. The van der Waals surface area contributed by atoms with Gasteiger partial charge in [0.1, 0.15) is 5.82 Å². The molecule has 0 amide bonds. The van der Waals surface area contributed by atoms with E-state index in [1.807, 2.05) is 54.7 Å². The van der Waals surface area contributed by atoms with E-state index in [0.29, 0.717) is 0 Å². The largest absolute Gasteiger partial charge is 0.303 e. The minimum absolute atomic E-state index is 0.924. The third-order valence-corrected chi connectivity index (χ3v) is 3.52. The minimum Gasteiger partial charge on any atom is -0.303 e. The Balaban J connectivity index is 1.84. The number of hydrogen-bond acceptors (Lipinski definition) is 3. The Morgan fingerprint density at radius 2 is 1.82 bits per heavy atom. The molecule has 0 spiro atoms. The van der Waals surface area contributed by atoms with Gasteiger partial charge in [0.05, 0.1) is 11.9 Å². The lowest BCUT2D eigenvalue weighted by Crippen LogP contribution is -2.01. The Bertz CT molecular complexity index is 774. The number of rotatable bonds is 4. The molecule has 4 heteroatoms. The van der Waals surface area contributed by atoms with Crippen molar-refractivity contribution in [1.29, 1.82) is 0 Å². The van der Waals surface area contributed by atoms with Crippen LogP contribution in [0.4, 0.5) is 5.69 Å². The van der Waals surface area contributed by atoms with Gasteiger partial charge in [-0.15, -0.1) is 0 Å². The van der Waals surface area contributed by atoms with Crippen LogP contribution in [0, 0.1) is 13.8 Å². The maximum Gasteiger partial charge on any atom is 0.136 e. The lowest BCUT2D eigenvalue weighted by atomic mass is 10.3. The van der Waals surface area contributed by atoms with E-state index in [2.05, 4.69) is 40.0 Å². The Morgan fingerprint density at radius 1 is 1.05 bits per heavy atom. The second-order valence-corrected chi connectivity index (χ2v) is 5.09. The van der Waals surface area contributed by atoms with Gasteiger partial charge in [-0.1, -0.05) is 24.3 Å². The highest BCUT2D eigenvalue weighted by molar-refractivity contribution is 5.82. The predicted molar refractivity (Wildman–Crippen MR) is 90.7 cm³/mol. The Morgan fingerprint density at radius 3 is 2.55 bits per heavy atom.